The second-order valence-corrected chi connectivity index (χ2v) is 9.99. The monoisotopic (exact) mass is 498 g/mol. The molecule has 0 aliphatic carbocycles. The van der Waals surface area contributed by atoms with Crippen LogP contribution in [0.25, 0.3) is 22.2 Å². The topological polar surface area (TPSA) is 107 Å². The minimum absolute atomic E-state index is 0.0422. The number of H-pyrrole nitrogens is 1. The van der Waals surface area contributed by atoms with Gasteiger partial charge in [0.15, 0.2) is 0 Å². The van der Waals surface area contributed by atoms with Crippen molar-refractivity contribution in [3.05, 3.63) is 70.8 Å². The van der Waals surface area contributed by atoms with Crippen LogP contribution in [0.4, 0.5) is 4.79 Å². The number of carbonyl (C=O) groups excluding carboxylic acids is 1. The number of carboxylic acid groups (broad SMARTS) is 1. The van der Waals surface area contributed by atoms with Gasteiger partial charge in [-0.25, -0.2) is 9.78 Å². The van der Waals surface area contributed by atoms with Gasteiger partial charge in [-0.2, -0.15) is 5.10 Å². The van der Waals surface area contributed by atoms with Crippen molar-refractivity contribution in [1.82, 2.24) is 29.5 Å². The molecule has 0 bridgehead atoms. The van der Waals surface area contributed by atoms with Gasteiger partial charge >= 0.3 is 6.09 Å². The molecule has 0 unspecified atom stereocenters. The van der Waals surface area contributed by atoms with Crippen molar-refractivity contribution >= 4 is 23.0 Å². The van der Waals surface area contributed by atoms with Crippen LogP contribution in [0.3, 0.4) is 0 Å². The van der Waals surface area contributed by atoms with Crippen LogP contribution in [0.1, 0.15) is 58.4 Å². The number of carbonyl (C=O) groups is 2. The highest BCUT2D eigenvalue weighted by Gasteiger charge is 2.34. The molecule has 1 atom stereocenters. The number of aryl methyl sites for hydroxylation is 2. The summed E-state index contributed by atoms with van der Waals surface area (Å²) in [5, 5.41) is 15.3. The van der Waals surface area contributed by atoms with Gasteiger partial charge in [0.1, 0.15) is 5.65 Å². The van der Waals surface area contributed by atoms with Crippen LogP contribution in [-0.4, -0.2) is 59.7 Å². The Kier molecular flexibility index (Phi) is 5.70. The third-order valence-corrected chi connectivity index (χ3v) is 7.80. The first-order valence-electron chi connectivity index (χ1n) is 12.8. The van der Waals surface area contributed by atoms with Gasteiger partial charge in [0.05, 0.1) is 17.8 Å². The standard InChI is InChI=1S/C28H30N6O3/c1-3-33-15-21(14-31-33)27(35)32-8-6-18-9-19(20-11-22-17(2)12-29-26(22)30-13-20)10-23(24(18)16-32)25-5-4-7-34(25)28(36)37/h9-15,25H,3-8,16H2,1-2H3,(H,29,30)(H,36,37)/t25-/m0/s1. The van der Waals surface area contributed by atoms with E-state index in [1.165, 1.54) is 5.56 Å². The lowest BCUT2D eigenvalue weighted by atomic mass is 9.86. The van der Waals surface area contributed by atoms with Crippen LogP contribution in [0, 0.1) is 6.92 Å². The maximum absolute atomic E-state index is 13.3. The van der Waals surface area contributed by atoms with Crippen LogP contribution in [0.5, 0.6) is 0 Å². The quantitative estimate of drug-likeness (QED) is 0.422. The minimum atomic E-state index is -0.900. The van der Waals surface area contributed by atoms with Crippen LogP contribution in [0.15, 0.2) is 43.0 Å². The average molecular weight is 499 g/mol. The zero-order valence-electron chi connectivity index (χ0n) is 21.1. The summed E-state index contributed by atoms with van der Waals surface area (Å²) in [6, 6.07) is 6.24. The number of aromatic amines is 1. The second-order valence-electron chi connectivity index (χ2n) is 9.99. The molecule has 4 aromatic rings. The number of fused-ring (bicyclic) bond motifs is 2. The number of benzene rings is 1. The number of rotatable bonds is 4. The average Bonchev–Trinajstić information content (AvgIpc) is 3.67. The molecule has 2 amide bonds. The van der Waals surface area contributed by atoms with Gasteiger partial charge in [-0.3, -0.25) is 9.48 Å². The molecule has 5 heterocycles. The van der Waals surface area contributed by atoms with E-state index in [9.17, 15) is 14.7 Å². The number of nitrogens with one attached hydrogen (secondary N) is 1. The molecule has 9 nitrogen and oxygen atoms in total. The molecule has 190 valence electrons. The van der Waals surface area contributed by atoms with Gasteiger partial charge in [0.2, 0.25) is 0 Å². The third kappa shape index (κ3) is 4.04. The van der Waals surface area contributed by atoms with Crippen molar-refractivity contribution in [3.8, 4) is 11.1 Å². The van der Waals surface area contributed by atoms with Gasteiger partial charge in [-0.1, -0.05) is 6.07 Å². The summed E-state index contributed by atoms with van der Waals surface area (Å²) in [4.78, 5) is 36.6. The van der Waals surface area contributed by atoms with Crippen molar-refractivity contribution in [1.29, 1.82) is 0 Å². The van der Waals surface area contributed by atoms with Crippen molar-refractivity contribution in [3.63, 3.8) is 0 Å². The SMILES string of the molecule is CCn1cc(C(=O)N2CCc3cc(-c4cnc5[nH]cc(C)c5c4)cc([C@@H]4CCCN4C(=O)O)c3C2)cn1. The summed E-state index contributed by atoms with van der Waals surface area (Å²) >= 11 is 0. The highest BCUT2D eigenvalue weighted by atomic mass is 16.4. The van der Waals surface area contributed by atoms with E-state index < -0.39 is 6.09 Å². The lowest BCUT2D eigenvalue weighted by Gasteiger charge is -2.33. The van der Waals surface area contributed by atoms with Crippen molar-refractivity contribution in [2.24, 2.45) is 0 Å². The molecule has 1 saturated heterocycles. The first-order valence-corrected chi connectivity index (χ1v) is 12.8. The van der Waals surface area contributed by atoms with E-state index in [1.54, 1.807) is 22.0 Å². The Balaban J connectivity index is 1.42. The molecule has 0 radical (unpaired) electrons. The fraction of sp³-hybridized carbons (Fsp3) is 0.357. The molecule has 9 heteroatoms. The minimum Gasteiger partial charge on any atom is -0.465 e. The van der Waals surface area contributed by atoms with E-state index in [0.29, 0.717) is 38.2 Å². The van der Waals surface area contributed by atoms with Crippen molar-refractivity contribution < 1.29 is 14.7 Å². The number of hydrogen-bond acceptors (Lipinski definition) is 4. The summed E-state index contributed by atoms with van der Waals surface area (Å²) in [7, 11) is 0. The number of pyridine rings is 1. The van der Waals surface area contributed by atoms with E-state index in [4.69, 9.17) is 0 Å². The highest BCUT2D eigenvalue weighted by molar-refractivity contribution is 5.94. The second kappa shape index (κ2) is 9.06. The Labute approximate surface area is 214 Å². The van der Waals surface area contributed by atoms with E-state index in [0.717, 1.165) is 51.7 Å². The maximum Gasteiger partial charge on any atom is 0.407 e. The smallest absolute Gasteiger partial charge is 0.407 e. The Morgan fingerprint density at radius 1 is 1.16 bits per heavy atom. The normalized spacial score (nSPS) is 17.4. The van der Waals surface area contributed by atoms with Gasteiger partial charge < -0.3 is 19.9 Å². The summed E-state index contributed by atoms with van der Waals surface area (Å²) in [6.45, 7) is 6.34. The molecule has 37 heavy (non-hydrogen) atoms. The zero-order valence-corrected chi connectivity index (χ0v) is 21.1. The van der Waals surface area contributed by atoms with Gasteiger partial charge in [0, 0.05) is 55.7 Å². The molecular weight excluding hydrogens is 468 g/mol. The predicted octanol–water partition coefficient (Wildman–Crippen LogP) is 4.77. The third-order valence-electron chi connectivity index (χ3n) is 7.80. The summed E-state index contributed by atoms with van der Waals surface area (Å²) in [5.41, 5.74) is 7.84. The molecule has 0 spiro atoms. The van der Waals surface area contributed by atoms with Crippen LogP contribution in [-0.2, 0) is 19.5 Å². The van der Waals surface area contributed by atoms with Crippen molar-refractivity contribution in [2.75, 3.05) is 13.1 Å². The first kappa shape index (κ1) is 23.3. The lowest BCUT2D eigenvalue weighted by Crippen LogP contribution is -2.37. The van der Waals surface area contributed by atoms with Crippen molar-refractivity contribution in [2.45, 2.75) is 52.2 Å². The van der Waals surface area contributed by atoms with Crippen LogP contribution in [0.2, 0.25) is 0 Å². The Morgan fingerprint density at radius 3 is 2.81 bits per heavy atom. The number of nitrogens with zero attached hydrogens (tertiary/aromatic N) is 5. The Hall–Kier alpha value is -4.14. The molecule has 1 fully saturated rings. The largest absolute Gasteiger partial charge is 0.465 e. The fourth-order valence-corrected chi connectivity index (χ4v) is 5.78. The molecule has 1 aromatic carbocycles. The summed E-state index contributed by atoms with van der Waals surface area (Å²) in [6.07, 6.45) is 8.65. The summed E-state index contributed by atoms with van der Waals surface area (Å²) in [5.74, 6) is -0.0422. The molecular formula is C28H30N6O3. The molecule has 2 aliphatic rings. The van der Waals surface area contributed by atoms with E-state index in [1.807, 2.05) is 24.2 Å². The molecule has 2 aliphatic heterocycles. The Morgan fingerprint density at radius 2 is 2.03 bits per heavy atom. The molecule has 6 rings (SSSR count). The van der Waals surface area contributed by atoms with E-state index in [-0.39, 0.29) is 11.9 Å². The number of hydrogen-bond donors (Lipinski definition) is 2. The number of likely N-dealkylation sites (tertiary alicyclic amines) is 1. The van der Waals surface area contributed by atoms with Crippen LogP contribution >= 0.6 is 0 Å². The van der Waals surface area contributed by atoms with E-state index >= 15 is 0 Å². The molecule has 2 N–H and O–H groups in total. The zero-order chi connectivity index (χ0) is 25.7. The van der Waals surface area contributed by atoms with Crippen LogP contribution < -0.4 is 0 Å². The number of aromatic nitrogens is 4. The number of amides is 2. The van der Waals surface area contributed by atoms with E-state index in [2.05, 4.69) is 40.2 Å². The molecule has 3 aromatic heterocycles. The summed E-state index contributed by atoms with van der Waals surface area (Å²) < 4.78 is 1.75. The lowest BCUT2D eigenvalue weighted by molar-refractivity contribution is 0.0732. The highest BCUT2D eigenvalue weighted by Crippen LogP contribution is 2.40. The molecule has 0 saturated carbocycles. The first-order chi connectivity index (χ1) is 17.9. The maximum atomic E-state index is 13.3. The van der Waals surface area contributed by atoms with Gasteiger partial charge in [0.25, 0.3) is 5.91 Å². The Bertz CT molecular complexity index is 1520. The fourth-order valence-electron chi connectivity index (χ4n) is 5.78. The van der Waals surface area contributed by atoms with Gasteiger partial charge in [-0.05, 0) is 73.1 Å². The van der Waals surface area contributed by atoms with Gasteiger partial charge in [-0.15, -0.1) is 0 Å². The predicted molar refractivity (Wildman–Crippen MR) is 139 cm³/mol.